The zero-order chi connectivity index (χ0) is 17.0. The van der Waals surface area contributed by atoms with Gasteiger partial charge in [-0.15, -0.1) is 0 Å². The Hall–Kier alpha value is -2.69. The molecule has 120 valence electrons. The third-order valence-corrected chi connectivity index (χ3v) is 3.47. The molecule has 0 aliphatic rings. The Morgan fingerprint density at radius 2 is 1.74 bits per heavy atom. The van der Waals surface area contributed by atoms with Crippen molar-refractivity contribution in [2.75, 3.05) is 7.11 Å². The predicted molar refractivity (Wildman–Crippen MR) is 83.6 cm³/mol. The van der Waals surface area contributed by atoms with Crippen LogP contribution >= 0.6 is 0 Å². The van der Waals surface area contributed by atoms with Crippen LogP contribution in [0, 0.1) is 5.82 Å². The summed E-state index contributed by atoms with van der Waals surface area (Å²) >= 11 is 0. The number of ether oxygens (including phenoxy) is 2. The molecule has 0 aromatic heterocycles. The predicted octanol–water partition coefficient (Wildman–Crippen LogP) is 3.69. The summed E-state index contributed by atoms with van der Waals surface area (Å²) in [6.07, 6.45) is 0. The zero-order valence-corrected chi connectivity index (χ0v) is 13.1. The minimum atomic E-state index is -0.533. The maximum Gasteiger partial charge on any atom is 0.312 e. The van der Waals surface area contributed by atoms with E-state index in [1.807, 2.05) is 0 Å². The number of carbonyl (C=O) groups is 2. The first-order valence-corrected chi connectivity index (χ1v) is 7.08. The Kier molecular flexibility index (Phi) is 5.11. The highest BCUT2D eigenvalue weighted by Gasteiger charge is 2.17. The van der Waals surface area contributed by atoms with Crippen LogP contribution in [-0.2, 0) is 14.3 Å². The van der Waals surface area contributed by atoms with Crippen LogP contribution in [0.25, 0.3) is 11.1 Å². The Bertz CT molecular complexity index is 722. The van der Waals surface area contributed by atoms with E-state index in [9.17, 15) is 14.0 Å². The van der Waals surface area contributed by atoms with Gasteiger partial charge in [-0.3, -0.25) is 9.59 Å². The summed E-state index contributed by atoms with van der Waals surface area (Å²) in [5.74, 6) is -1.39. The molecular weight excluding hydrogens is 299 g/mol. The molecule has 0 aliphatic carbocycles. The van der Waals surface area contributed by atoms with Crippen LogP contribution in [0.3, 0.4) is 0 Å². The smallest absolute Gasteiger partial charge is 0.312 e. The fourth-order valence-electron chi connectivity index (χ4n) is 2.22. The lowest BCUT2D eigenvalue weighted by molar-refractivity contribution is -0.142. The van der Waals surface area contributed by atoms with Gasteiger partial charge in [0, 0.05) is 12.5 Å². The van der Waals surface area contributed by atoms with Crippen molar-refractivity contribution >= 4 is 11.9 Å². The van der Waals surface area contributed by atoms with Gasteiger partial charge in [0.25, 0.3) is 0 Å². The third kappa shape index (κ3) is 3.94. The highest BCUT2D eigenvalue weighted by Crippen LogP contribution is 2.28. The third-order valence-electron chi connectivity index (χ3n) is 3.47. The zero-order valence-electron chi connectivity index (χ0n) is 13.1. The Labute approximate surface area is 133 Å². The standard InChI is InChI=1S/C18H17FO4/c1-11(18(21)22-3)14-6-9-16(17(19)10-14)13-4-7-15(8-5-13)23-12(2)20/h4-11H,1-3H3. The fourth-order valence-corrected chi connectivity index (χ4v) is 2.22. The molecule has 0 fully saturated rings. The van der Waals surface area contributed by atoms with Gasteiger partial charge >= 0.3 is 11.9 Å². The number of esters is 2. The van der Waals surface area contributed by atoms with E-state index in [4.69, 9.17) is 4.74 Å². The summed E-state index contributed by atoms with van der Waals surface area (Å²) in [7, 11) is 1.30. The molecule has 1 unspecified atom stereocenters. The summed E-state index contributed by atoms with van der Waals surface area (Å²) < 4.78 is 23.9. The van der Waals surface area contributed by atoms with Crippen LogP contribution in [0.1, 0.15) is 25.3 Å². The Morgan fingerprint density at radius 1 is 1.09 bits per heavy atom. The van der Waals surface area contributed by atoms with E-state index in [2.05, 4.69) is 4.74 Å². The largest absolute Gasteiger partial charge is 0.469 e. The molecule has 0 N–H and O–H groups in total. The van der Waals surface area contributed by atoms with Crippen molar-refractivity contribution in [1.82, 2.24) is 0 Å². The lowest BCUT2D eigenvalue weighted by Gasteiger charge is -2.11. The highest BCUT2D eigenvalue weighted by molar-refractivity contribution is 5.78. The van der Waals surface area contributed by atoms with Crippen molar-refractivity contribution < 1.29 is 23.5 Å². The summed E-state index contributed by atoms with van der Waals surface area (Å²) in [4.78, 5) is 22.4. The second-order valence-corrected chi connectivity index (χ2v) is 5.10. The van der Waals surface area contributed by atoms with Crippen LogP contribution in [-0.4, -0.2) is 19.0 Å². The number of hydrogen-bond acceptors (Lipinski definition) is 4. The number of methoxy groups -OCH3 is 1. The first kappa shape index (κ1) is 16.7. The molecule has 2 rings (SSSR count). The average molecular weight is 316 g/mol. The minimum Gasteiger partial charge on any atom is -0.469 e. The SMILES string of the molecule is COC(=O)C(C)c1ccc(-c2ccc(OC(C)=O)cc2)c(F)c1. The monoisotopic (exact) mass is 316 g/mol. The molecule has 0 spiro atoms. The number of rotatable bonds is 4. The van der Waals surface area contributed by atoms with Gasteiger partial charge in [-0.05, 0) is 36.2 Å². The summed E-state index contributed by atoms with van der Waals surface area (Å²) in [5.41, 5.74) is 1.60. The van der Waals surface area contributed by atoms with E-state index >= 15 is 0 Å². The molecule has 23 heavy (non-hydrogen) atoms. The van der Waals surface area contributed by atoms with Crippen LogP contribution in [0.5, 0.6) is 5.75 Å². The van der Waals surface area contributed by atoms with Crippen molar-refractivity contribution in [1.29, 1.82) is 0 Å². The van der Waals surface area contributed by atoms with Gasteiger partial charge in [-0.2, -0.15) is 0 Å². The number of carbonyl (C=O) groups excluding carboxylic acids is 2. The van der Waals surface area contributed by atoms with Gasteiger partial charge in [0.15, 0.2) is 0 Å². The van der Waals surface area contributed by atoms with Crippen LogP contribution in [0.15, 0.2) is 42.5 Å². The van der Waals surface area contributed by atoms with Crippen molar-refractivity contribution in [3.63, 3.8) is 0 Å². The van der Waals surface area contributed by atoms with Gasteiger partial charge in [-0.1, -0.05) is 24.3 Å². The number of benzene rings is 2. The van der Waals surface area contributed by atoms with Crippen LogP contribution in [0.2, 0.25) is 0 Å². The molecule has 0 aliphatic heterocycles. The fraction of sp³-hybridized carbons (Fsp3) is 0.222. The van der Waals surface area contributed by atoms with Crippen LogP contribution < -0.4 is 4.74 Å². The second kappa shape index (κ2) is 7.05. The topological polar surface area (TPSA) is 52.6 Å². The minimum absolute atomic E-state index is 0.401. The molecule has 0 saturated carbocycles. The highest BCUT2D eigenvalue weighted by atomic mass is 19.1. The van der Waals surface area contributed by atoms with Crippen LogP contribution in [0.4, 0.5) is 4.39 Å². The van der Waals surface area contributed by atoms with Crippen molar-refractivity contribution in [3.05, 3.63) is 53.8 Å². The maximum absolute atomic E-state index is 14.3. The van der Waals surface area contributed by atoms with Crippen molar-refractivity contribution in [2.24, 2.45) is 0 Å². The Morgan fingerprint density at radius 3 is 2.26 bits per heavy atom. The van der Waals surface area contributed by atoms with E-state index in [1.165, 1.54) is 20.1 Å². The molecule has 5 heteroatoms. The molecule has 0 heterocycles. The molecule has 0 bridgehead atoms. The lowest BCUT2D eigenvalue weighted by atomic mass is 9.97. The van der Waals surface area contributed by atoms with Gasteiger partial charge < -0.3 is 9.47 Å². The quantitative estimate of drug-likeness (QED) is 0.637. The van der Waals surface area contributed by atoms with E-state index in [1.54, 1.807) is 43.3 Å². The normalized spacial score (nSPS) is 11.7. The molecule has 0 radical (unpaired) electrons. The Balaban J connectivity index is 2.27. The lowest BCUT2D eigenvalue weighted by Crippen LogP contribution is -2.11. The summed E-state index contributed by atoms with van der Waals surface area (Å²) in [6, 6.07) is 11.2. The molecule has 4 nitrogen and oxygen atoms in total. The van der Waals surface area contributed by atoms with Crippen molar-refractivity contribution in [2.45, 2.75) is 19.8 Å². The van der Waals surface area contributed by atoms with E-state index in [0.29, 0.717) is 22.4 Å². The maximum atomic E-state index is 14.3. The average Bonchev–Trinajstić information content (AvgIpc) is 2.53. The first-order chi connectivity index (χ1) is 10.9. The molecule has 1 atom stereocenters. The van der Waals surface area contributed by atoms with Gasteiger partial charge in [0.05, 0.1) is 13.0 Å². The molecular formula is C18H17FO4. The number of hydrogen-bond donors (Lipinski definition) is 0. The van der Waals surface area contributed by atoms with E-state index in [0.717, 1.165) is 0 Å². The first-order valence-electron chi connectivity index (χ1n) is 7.08. The van der Waals surface area contributed by atoms with E-state index in [-0.39, 0.29) is 0 Å². The van der Waals surface area contributed by atoms with Crippen molar-refractivity contribution in [3.8, 4) is 16.9 Å². The molecule has 0 amide bonds. The van der Waals surface area contributed by atoms with Gasteiger partial charge in [-0.25, -0.2) is 4.39 Å². The molecule has 2 aromatic carbocycles. The van der Waals surface area contributed by atoms with E-state index < -0.39 is 23.7 Å². The van der Waals surface area contributed by atoms with Gasteiger partial charge in [0.2, 0.25) is 0 Å². The summed E-state index contributed by atoms with van der Waals surface area (Å²) in [6.45, 7) is 2.98. The number of halogens is 1. The molecule has 0 saturated heterocycles. The van der Waals surface area contributed by atoms with Gasteiger partial charge in [0.1, 0.15) is 11.6 Å². The summed E-state index contributed by atoms with van der Waals surface area (Å²) in [5, 5.41) is 0. The molecule has 2 aromatic rings. The second-order valence-electron chi connectivity index (χ2n) is 5.10.